The fourth-order valence-electron chi connectivity index (χ4n) is 1.58. The van der Waals surface area contributed by atoms with Crippen LogP contribution in [0.15, 0.2) is 24.4 Å². The number of benzene rings is 1. The molecule has 80 valence electrons. The van der Waals surface area contributed by atoms with Crippen molar-refractivity contribution in [1.29, 1.82) is 0 Å². The van der Waals surface area contributed by atoms with Crippen molar-refractivity contribution in [1.82, 2.24) is 9.55 Å². The summed E-state index contributed by atoms with van der Waals surface area (Å²) in [6, 6.07) is 4.39. The first kappa shape index (κ1) is 10.9. The topological polar surface area (TPSA) is 38.0 Å². The van der Waals surface area contributed by atoms with Crippen molar-refractivity contribution in [2.45, 2.75) is 13.7 Å². The average molecular weight is 216 g/mol. The number of hydrogen-bond acceptors (Lipinski definition) is 2. The molecule has 5 heteroatoms. The molecule has 0 unspecified atom stereocenters. The van der Waals surface area contributed by atoms with E-state index in [4.69, 9.17) is 13.0 Å². The molecule has 2 aromatic rings. The van der Waals surface area contributed by atoms with E-state index in [0.29, 0.717) is 16.9 Å². The minimum Gasteiger partial charge on any atom is -0.376 e. The van der Waals surface area contributed by atoms with Crippen LogP contribution in [0.25, 0.3) is 11.4 Å². The van der Waals surface area contributed by atoms with Crippen LogP contribution in [-0.2, 0) is 6.73 Å². The zero-order valence-corrected chi connectivity index (χ0v) is 8.81. The summed E-state index contributed by atoms with van der Waals surface area (Å²) in [6.45, 7) is 1.55. The molecule has 0 fully saturated rings. The Morgan fingerprint density at radius 3 is 2.88 bits per heavy atom. The fraction of sp³-hybridized carbons (Fsp3) is 0.182. The van der Waals surface area contributed by atoms with E-state index in [9.17, 15) is 4.39 Å². The smallest absolute Gasteiger partial charge is 0.145 e. The van der Waals surface area contributed by atoms with Crippen LogP contribution in [0.5, 0.6) is 0 Å². The van der Waals surface area contributed by atoms with E-state index >= 15 is 0 Å². The second kappa shape index (κ2) is 4.10. The molecule has 0 aliphatic heterocycles. The zero-order chi connectivity index (χ0) is 11.7. The molecule has 1 aromatic heterocycles. The van der Waals surface area contributed by atoms with Crippen LogP contribution in [0.4, 0.5) is 4.39 Å². The third-order valence-corrected chi connectivity index (χ3v) is 2.28. The molecule has 0 aliphatic rings. The number of aliphatic hydroxyl groups excluding tert-OH is 1. The van der Waals surface area contributed by atoms with Crippen molar-refractivity contribution in [2.24, 2.45) is 0 Å². The Morgan fingerprint density at radius 1 is 1.50 bits per heavy atom. The van der Waals surface area contributed by atoms with Gasteiger partial charge in [-0.2, -0.15) is 0 Å². The first-order valence-corrected chi connectivity index (χ1v) is 4.82. The molecule has 0 aliphatic carbocycles. The quantitative estimate of drug-likeness (QED) is 0.752. The van der Waals surface area contributed by atoms with Crippen molar-refractivity contribution in [3.05, 3.63) is 35.9 Å². The van der Waals surface area contributed by atoms with Gasteiger partial charge < -0.3 is 9.67 Å². The summed E-state index contributed by atoms with van der Waals surface area (Å²) in [4.78, 5) is 4.16. The first-order chi connectivity index (χ1) is 7.61. The summed E-state index contributed by atoms with van der Waals surface area (Å²) in [7, 11) is 5.46. The van der Waals surface area contributed by atoms with Crippen LogP contribution in [0, 0.1) is 12.7 Å². The van der Waals surface area contributed by atoms with E-state index in [-0.39, 0.29) is 6.73 Å². The maximum absolute atomic E-state index is 13.6. The molecule has 0 bridgehead atoms. The van der Waals surface area contributed by atoms with Gasteiger partial charge >= 0.3 is 0 Å². The maximum Gasteiger partial charge on any atom is 0.145 e. The molecule has 1 N–H and O–H groups in total. The summed E-state index contributed by atoms with van der Waals surface area (Å²) in [6.07, 6.45) is 1.66. The molecule has 0 amide bonds. The highest BCUT2D eigenvalue weighted by Gasteiger charge is 2.11. The first-order valence-electron chi connectivity index (χ1n) is 4.82. The van der Waals surface area contributed by atoms with E-state index in [1.165, 1.54) is 10.6 Å². The number of halogens is 1. The predicted molar refractivity (Wildman–Crippen MR) is 60.0 cm³/mol. The van der Waals surface area contributed by atoms with Gasteiger partial charge in [0.05, 0.1) is 11.3 Å². The van der Waals surface area contributed by atoms with Crippen molar-refractivity contribution < 1.29 is 9.50 Å². The highest BCUT2D eigenvalue weighted by atomic mass is 19.1. The van der Waals surface area contributed by atoms with E-state index in [1.54, 1.807) is 25.3 Å². The second-order valence-corrected chi connectivity index (χ2v) is 3.56. The van der Waals surface area contributed by atoms with Crippen molar-refractivity contribution in [3.63, 3.8) is 0 Å². The van der Waals surface area contributed by atoms with Crippen molar-refractivity contribution in [3.8, 4) is 11.4 Å². The van der Waals surface area contributed by atoms with Crippen molar-refractivity contribution >= 4 is 13.3 Å². The molecule has 0 saturated heterocycles. The molecule has 2 radical (unpaired) electrons. The van der Waals surface area contributed by atoms with Gasteiger partial charge in [0.15, 0.2) is 0 Å². The Morgan fingerprint density at radius 2 is 2.25 bits per heavy atom. The number of aromatic nitrogens is 2. The summed E-state index contributed by atoms with van der Waals surface area (Å²) in [5.41, 5.74) is 1.41. The Hall–Kier alpha value is -1.62. The fourth-order valence-corrected chi connectivity index (χ4v) is 1.58. The molecule has 16 heavy (non-hydrogen) atoms. The lowest BCUT2D eigenvalue weighted by Gasteiger charge is -2.05. The van der Waals surface area contributed by atoms with Gasteiger partial charge in [0.1, 0.15) is 26.2 Å². The van der Waals surface area contributed by atoms with Crippen LogP contribution in [0.3, 0.4) is 0 Å². The number of aryl methyl sites for hydroxylation is 1. The number of imidazole rings is 1. The molecule has 3 nitrogen and oxygen atoms in total. The van der Waals surface area contributed by atoms with Gasteiger partial charge in [-0.15, -0.1) is 0 Å². The van der Waals surface area contributed by atoms with E-state index in [2.05, 4.69) is 4.98 Å². The Labute approximate surface area is 94.0 Å². The largest absolute Gasteiger partial charge is 0.376 e. The number of rotatable bonds is 2. The lowest BCUT2D eigenvalue weighted by atomic mass is 9.95. The highest BCUT2D eigenvalue weighted by molar-refractivity contribution is 6.32. The molecule has 1 aromatic carbocycles. The van der Waals surface area contributed by atoms with Gasteiger partial charge in [-0.05, 0) is 19.1 Å². The van der Waals surface area contributed by atoms with Crippen molar-refractivity contribution in [2.75, 3.05) is 0 Å². The minimum absolute atomic E-state index is 0.236. The van der Waals surface area contributed by atoms with Gasteiger partial charge in [-0.1, -0.05) is 11.5 Å². The zero-order valence-electron chi connectivity index (χ0n) is 8.81. The molecular formula is C11H10BFN2O. The van der Waals surface area contributed by atoms with Crippen LogP contribution in [-0.4, -0.2) is 22.5 Å². The highest BCUT2D eigenvalue weighted by Crippen LogP contribution is 2.21. The lowest BCUT2D eigenvalue weighted by molar-refractivity contribution is 0.212. The predicted octanol–water partition coefficient (Wildman–Crippen LogP) is 0.741. The van der Waals surface area contributed by atoms with Gasteiger partial charge in [-0.3, -0.25) is 0 Å². The Bertz CT molecular complexity index is 525. The molecule has 1 heterocycles. The van der Waals surface area contributed by atoms with E-state index in [1.807, 2.05) is 0 Å². The molecule has 2 rings (SSSR count). The van der Waals surface area contributed by atoms with Gasteiger partial charge in [0, 0.05) is 6.20 Å². The SMILES string of the molecule is [B]c1ccc(-c2nc(C)cn2CO)c(F)c1. The molecule has 0 spiro atoms. The van der Waals surface area contributed by atoms with Crippen LogP contribution >= 0.6 is 0 Å². The van der Waals surface area contributed by atoms with Gasteiger partial charge in [0.2, 0.25) is 0 Å². The summed E-state index contributed by atoms with van der Waals surface area (Å²) < 4.78 is 15.1. The van der Waals surface area contributed by atoms with Gasteiger partial charge in [0.25, 0.3) is 0 Å². The molecule has 0 saturated carbocycles. The average Bonchev–Trinajstić information content (AvgIpc) is 2.59. The van der Waals surface area contributed by atoms with Crippen LogP contribution in [0.2, 0.25) is 0 Å². The Kier molecular flexibility index (Phi) is 2.79. The standard InChI is InChI=1S/C11H10BFN2O/c1-7-5-15(6-16)11(14-7)9-3-2-8(12)4-10(9)13/h2-5,16H,6H2,1H3. The lowest BCUT2D eigenvalue weighted by Crippen LogP contribution is -2.05. The second-order valence-electron chi connectivity index (χ2n) is 3.56. The maximum atomic E-state index is 13.6. The summed E-state index contributed by atoms with van der Waals surface area (Å²) in [5, 5.41) is 9.11. The van der Waals surface area contributed by atoms with Gasteiger partial charge in [-0.25, -0.2) is 9.37 Å². The van der Waals surface area contributed by atoms with E-state index in [0.717, 1.165) is 5.69 Å². The number of nitrogens with zero attached hydrogens (tertiary/aromatic N) is 2. The summed E-state index contributed by atoms with van der Waals surface area (Å²) >= 11 is 0. The summed E-state index contributed by atoms with van der Waals surface area (Å²) in [5.74, 6) is -0.0437. The van der Waals surface area contributed by atoms with Crippen LogP contribution < -0.4 is 5.46 Å². The Balaban J connectivity index is 2.57. The normalized spacial score (nSPS) is 10.7. The van der Waals surface area contributed by atoms with E-state index < -0.39 is 5.82 Å². The van der Waals surface area contributed by atoms with Crippen LogP contribution in [0.1, 0.15) is 5.69 Å². The monoisotopic (exact) mass is 216 g/mol. The minimum atomic E-state index is -0.444. The third-order valence-electron chi connectivity index (χ3n) is 2.28. The molecule has 0 atom stereocenters. The number of aliphatic hydroxyl groups is 1. The third kappa shape index (κ3) is 1.86. The number of hydrogen-bond donors (Lipinski definition) is 1. The molecular weight excluding hydrogens is 206 g/mol.